The largest absolute Gasteiger partial charge is 0.490 e. The summed E-state index contributed by atoms with van der Waals surface area (Å²) < 4.78 is 11.5. The first-order valence-corrected chi connectivity index (χ1v) is 9.02. The maximum atomic E-state index is 9.43. The van der Waals surface area contributed by atoms with Crippen molar-refractivity contribution in [1.82, 2.24) is 9.88 Å². The molecule has 1 unspecified atom stereocenters. The molecule has 27 heavy (non-hydrogen) atoms. The number of pyridine rings is 1. The summed E-state index contributed by atoms with van der Waals surface area (Å²) in [5.74, 6) is 0.981. The molecular formula is C20H23ClN4O2. The van der Waals surface area contributed by atoms with Crippen molar-refractivity contribution in [1.29, 1.82) is 5.26 Å². The Morgan fingerprint density at radius 3 is 2.70 bits per heavy atom. The molecule has 0 N–H and O–H groups in total. The van der Waals surface area contributed by atoms with Crippen molar-refractivity contribution < 1.29 is 9.47 Å². The summed E-state index contributed by atoms with van der Waals surface area (Å²) in [5, 5.41) is 10.1. The fraction of sp³-hybridized carbons (Fsp3) is 0.350. The lowest BCUT2D eigenvalue weighted by atomic mass is 10.2. The van der Waals surface area contributed by atoms with Crippen LogP contribution >= 0.6 is 11.6 Å². The number of halogens is 1. The molecule has 0 radical (unpaired) electrons. The van der Waals surface area contributed by atoms with E-state index in [1.165, 1.54) is 0 Å². The third kappa shape index (κ3) is 6.15. The Kier molecular flexibility index (Phi) is 7.44. The van der Waals surface area contributed by atoms with Gasteiger partial charge >= 0.3 is 0 Å². The third-order valence-electron chi connectivity index (χ3n) is 3.78. The second-order valence-corrected chi connectivity index (χ2v) is 6.51. The lowest BCUT2D eigenvalue weighted by molar-refractivity contribution is 0.137. The highest BCUT2D eigenvalue weighted by Gasteiger charge is 2.14. The summed E-state index contributed by atoms with van der Waals surface area (Å²) in [6, 6.07) is 10.9. The highest BCUT2D eigenvalue weighted by molar-refractivity contribution is 6.30. The van der Waals surface area contributed by atoms with Gasteiger partial charge in [-0.15, -0.1) is 0 Å². The van der Waals surface area contributed by atoms with Gasteiger partial charge in [-0.1, -0.05) is 11.6 Å². The molecule has 7 heteroatoms. The van der Waals surface area contributed by atoms with Crippen molar-refractivity contribution >= 4 is 23.6 Å². The number of benzene rings is 1. The molecule has 0 bridgehead atoms. The standard InChI is InChI=1S/C20H23ClN4O2/c1-5-25(4)13-23-19-10-16(11-22)20(24-15(19)3)27-14(2)12-26-18-8-6-17(21)7-9-18/h6-10,13-14H,5,12H2,1-4H3/b23-13+. The van der Waals surface area contributed by atoms with Crippen molar-refractivity contribution in [3.05, 3.63) is 46.6 Å². The highest BCUT2D eigenvalue weighted by atomic mass is 35.5. The molecule has 0 amide bonds. The van der Waals surface area contributed by atoms with Crippen LogP contribution in [0.3, 0.4) is 0 Å². The Bertz CT molecular complexity index is 831. The van der Waals surface area contributed by atoms with E-state index in [4.69, 9.17) is 21.1 Å². The zero-order valence-corrected chi connectivity index (χ0v) is 16.7. The maximum Gasteiger partial charge on any atom is 0.232 e. The molecule has 0 aliphatic heterocycles. The molecule has 1 heterocycles. The van der Waals surface area contributed by atoms with Gasteiger partial charge in [-0.05, 0) is 51.1 Å². The van der Waals surface area contributed by atoms with E-state index in [1.807, 2.05) is 32.7 Å². The fourth-order valence-corrected chi connectivity index (χ4v) is 2.21. The smallest absolute Gasteiger partial charge is 0.232 e. The van der Waals surface area contributed by atoms with Crippen molar-refractivity contribution in [3.8, 4) is 17.7 Å². The van der Waals surface area contributed by atoms with Crippen LogP contribution in [0.4, 0.5) is 5.69 Å². The van der Waals surface area contributed by atoms with Gasteiger partial charge in [-0.25, -0.2) is 9.98 Å². The first kappa shape index (κ1) is 20.5. The summed E-state index contributed by atoms with van der Waals surface area (Å²) >= 11 is 5.86. The SMILES string of the molecule is CCN(C)/C=N/c1cc(C#N)c(OC(C)COc2ccc(Cl)cc2)nc1C. The van der Waals surface area contributed by atoms with Crippen molar-refractivity contribution in [2.45, 2.75) is 26.9 Å². The molecule has 0 aliphatic carbocycles. The average molecular weight is 387 g/mol. The van der Waals surface area contributed by atoms with Crippen LogP contribution in [0.25, 0.3) is 0 Å². The molecule has 0 saturated carbocycles. The van der Waals surface area contributed by atoms with E-state index in [0.29, 0.717) is 34.3 Å². The minimum Gasteiger partial charge on any atom is -0.490 e. The Morgan fingerprint density at radius 2 is 2.07 bits per heavy atom. The third-order valence-corrected chi connectivity index (χ3v) is 4.03. The lowest BCUT2D eigenvalue weighted by Crippen LogP contribution is -2.22. The van der Waals surface area contributed by atoms with Gasteiger partial charge in [0.25, 0.3) is 0 Å². The van der Waals surface area contributed by atoms with Gasteiger partial charge in [0.15, 0.2) is 0 Å². The molecule has 1 aromatic heterocycles. The van der Waals surface area contributed by atoms with Gasteiger partial charge < -0.3 is 14.4 Å². The Hall–Kier alpha value is -2.78. The van der Waals surface area contributed by atoms with Crippen LogP contribution < -0.4 is 9.47 Å². The van der Waals surface area contributed by atoms with Gasteiger partial charge in [0.2, 0.25) is 5.88 Å². The van der Waals surface area contributed by atoms with Crippen molar-refractivity contribution in [3.63, 3.8) is 0 Å². The van der Waals surface area contributed by atoms with E-state index in [1.54, 1.807) is 36.7 Å². The first-order chi connectivity index (χ1) is 12.9. The van der Waals surface area contributed by atoms with Crippen LogP contribution in [0.1, 0.15) is 25.1 Å². The molecule has 0 fully saturated rings. The number of nitrogens with zero attached hydrogens (tertiary/aromatic N) is 4. The average Bonchev–Trinajstić information content (AvgIpc) is 2.66. The van der Waals surface area contributed by atoms with E-state index in [2.05, 4.69) is 16.0 Å². The topological polar surface area (TPSA) is 70.7 Å². The van der Waals surface area contributed by atoms with E-state index >= 15 is 0 Å². The summed E-state index contributed by atoms with van der Waals surface area (Å²) in [6.07, 6.45) is 1.43. The number of nitriles is 1. The first-order valence-electron chi connectivity index (χ1n) is 8.64. The normalized spacial score (nSPS) is 11.9. The predicted molar refractivity (Wildman–Crippen MR) is 107 cm³/mol. The van der Waals surface area contributed by atoms with Gasteiger partial charge in [-0.2, -0.15) is 5.26 Å². The predicted octanol–water partition coefficient (Wildman–Crippen LogP) is 4.37. The van der Waals surface area contributed by atoms with Gasteiger partial charge in [0.1, 0.15) is 30.1 Å². The molecule has 1 aromatic carbocycles. The van der Waals surface area contributed by atoms with E-state index in [-0.39, 0.29) is 12.0 Å². The second-order valence-electron chi connectivity index (χ2n) is 6.07. The number of aliphatic imine (C=N–C) groups is 1. The molecule has 6 nitrogen and oxygen atoms in total. The molecule has 0 spiro atoms. The van der Waals surface area contributed by atoms with Crippen LogP contribution in [0.2, 0.25) is 5.02 Å². The summed E-state index contributed by atoms with van der Waals surface area (Å²) in [5.41, 5.74) is 1.67. The minimum atomic E-state index is -0.291. The van der Waals surface area contributed by atoms with Crippen LogP contribution in [-0.2, 0) is 0 Å². The molecule has 0 saturated heterocycles. The van der Waals surface area contributed by atoms with E-state index in [0.717, 1.165) is 6.54 Å². The van der Waals surface area contributed by atoms with Crippen molar-refractivity contribution in [2.24, 2.45) is 4.99 Å². The summed E-state index contributed by atoms with van der Waals surface area (Å²) in [7, 11) is 1.93. The molecular weight excluding hydrogens is 364 g/mol. The number of rotatable bonds is 8. The van der Waals surface area contributed by atoms with Crippen LogP contribution in [0.15, 0.2) is 35.3 Å². The monoisotopic (exact) mass is 386 g/mol. The molecule has 2 rings (SSSR count). The number of aryl methyl sites for hydroxylation is 1. The van der Waals surface area contributed by atoms with Crippen LogP contribution in [0, 0.1) is 18.3 Å². The minimum absolute atomic E-state index is 0.282. The zero-order chi connectivity index (χ0) is 19.8. The van der Waals surface area contributed by atoms with E-state index < -0.39 is 0 Å². The van der Waals surface area contributed by atoms with Gasteiger partial charge in [0.05, 0.1) is 17.7 Å². The maximum absolute atomic E-state index is 9.43. The molecule has 142 valence electrons. The quantitative estimate of drug-likeness (QED) is 0.497. The van der Waals surface area contributed by atoms with Gasteiger partial charge in [-0.3, -0.25) is 0 Å². The Labute approximate surface area is 165 Å². The highest BCUT2D eigenvalue weighted by Crippen LogP contribution is 2.25. The zero-order valence-electron chi connectivity index (χ0n) is 15.9. The molecule has 1 atom stereocenters. The lowest BCUT2D eigenvalue weighted by Gasteiger charge is -2.16. The number of hydrogen-bond acceptors (Lipinski definition) is 5. The number of hydrogen-bond donors (Lipinski definition) is 0. The van der Waals surface area contributed by atoms with Gasteiger partial charge in [0, 0.05) is 18.6 Å². The van der Waals surface area contributed by atoms with Crippen LogP contribution in [0.5, 0.6) is 11.6 Å². The Balaban J connectivity index is 2.06. The van der Waals surface area contributed by atoms with Crippen molar-refractivity contribution in [2.75, 3.05) is 20.2 Å². The number of ether oxygens (including phenoxy) is 2. The second kappa shape index (κ2) is 9.79. The fourth-order valence-electron chi connectivity index (χ4n) is 2.08. The molecule has 0 aliphatic rings. The van der Waals surface area contributed by atoms with Crippen LogP contribution in [-0.4, -0.2) is 42.5 Å². The number of aromatic nitrogens is 1. The van der Waals surface area contributed by atoms with E-state index in [9.17, 15) is 5.26 Å². The Morgan fingerprint density at radius 1 is 1.37 bits per heavy atom. The summed E-state index contributed by atoms with van der Waals surface area (Å²) in [4.78, 5) is 10.7. The molecule has 2 aromatic rings. The summed E-state index contributed by atoms with van der Waals surface area (Å²) in [6.45, 7) is 6.88.